The first kappa shape index (κ1) is 12.9. The van der Waals surface area contributed by atoms with Gasteiger partial charge < -0.3 is 4.74 Å². The molecular weight excluding hydrogens is 238 g/mol. The molecule has 0 aliphatic rings. The zero-order chi connectivity index (χ0) is 12.1. The van der Waals surface area contributed by atoms with Crippen LogP contribution in [-0.2, 0) is 0 Å². The van der Waals surface area contributed by atoms with Crippen LogP contribution in [0.4, 0.5) is 8.78 Å². The molecule has 0 amide bonds. The molecule has 16 heavy (non-hydrogen) atoms. The van der Waals surface area contributed by atoms with E-state index in [1.807, 2.05) is 0 Å². The van der Waals surface area contributed by atoms with Gasteiger partial charge in [-0.2, -0.15) is 8.78 Å². The highest BCUT2D eigenvalue weighted by atomic mass is 35.5. The van der Waals surface area contributed by atoms with Crippen LogP contribution in [-0.4, -0.2) is 18.3 Å². The van der Waals surface area contributed by atoms with Crippen LogP contribution in [0.1, 0.15) is 22.3 Å². The molecule has 1 rings (SSSR count). The highest BCUT2D eigenvalue weighted by Crippen LogP contribution is 2.22. The van der Waals surface area contributed by atoms with Gasteiger partial charge in [-0.15, -0.1) is 11.6 Å². The Morgan fingerprint density at radius 2 is 2.19 bits per heavy atom. The van der Waals surface area contributed by atoms with Gasteiger partial charge in [-0.25, -0.2) is 0 Å². The van der Waals surface area contributed by atoms with Gasteiger partial charge in [0.1, 0.15) is 5.75 Å². The Bertz CT molecular complexity index is 380. The number of aryl methyl sites for hydroxylation is 1. The number of halogens is 3. The molecule has 0 aliphatic heterocycles. The predicted octanol–water partition coefficient (Wildman–Crippen LogP) is 3.41. The van der Waals surface area contributed by atoms with E-state index in [0.29, 0.717) is 11.1 Å². The zero-order valence-corrected chi connectivity index (χ0v) is 9.43. The average molecular weight is 249 g/mol. The average Bonchev–Trinajstić information content (AvgIpc) is 2.21. The molecule has 1 aromatic rings. The number of benzene rings is 1. The van der Waals surface area contributed by atoms with Crippen molar-refractivity contribution in [1.29, 1.82) is 0 Å². The fraction of sp³-hybridized carbons (Fsp3) is 0.364. The smallest absolute Gasteiger partial charge is 0.387 e. The van der Waals surface area contributed by atoms with Crippen LogP contribution in [0.2, 0.25) is 0 Å². The Balaban J connectivity index is 2.93. The largest absolute Gasteiger partial charge is 0.435 e. The maximum Gasteiger partial charge on any atom is 0.387 e. The molecule has 0 saturated carbocycles. The standard InChI is InChI=1S/C11H11ClF2O2/c1-7-2-3-8(9(15)4-5-12)6-10(7)16-11(13)14/h2-3,6,11H,4-5H2,1H3. The number of Topliss-reactive ketones (excluding diaryl/α,β-unsaturated/α-hetero) is 1. The first-order chi connectivity index (χ1) is 7.54. The molecule has 1 aromatic carbocycles. The fourth-order valence-corrected chi connectivity index (χ4v) is 1.40. The maximum absolute atomic E-state index is 12.1. The van der Waals surface area contributed by atoms with Crippen LogP contribution in [0.15, 0.2) is 18.2 Å². The van der Waals surface area contributed by atoms with Gasteiger partial charge >= 0.3 is 6.61 Å². The molecule has 2 nitrogen and oxygen atoms in total. The number of hydrogen-bond donors (Lipinski definition) is 0. The highest BCUT2D eigenvalue weighted by molar-refractivity contribution is 6.19. The Kier molecular flexibility index (Phi) is 4.68. The van der Waals surface area contributed by atoms with Gasteiger partial charge in [-0.05, 0) is 18.6 Å². The van der Waals surface area contributed by atoms with E-state index in [9.17, 15) is 13.6 Å². The number of ketones is 1. The van der Waals surface area contributed by atoms with Gasteiger partial charge in [0, 0.05) is 17.9 Å². The van der Waals surface area contributed by atoms with Crippen molar-refractivity contribution in [3.63, 3.8) is 0 Å². The number of ether oxygens (including phenoxy) is 1. The van der Waals surface area contributed by atoms with E-state index in [4.69, 9.17) is 11.6 Å². The molecule has 0 atom stereocenters. The Morgan fingerprint density at radius 3 is 2.75 bits per heavy atom. The number of carbonyl (C=O) groups excluding carboxylic acids is 1. The van der Waals surface area contributed by atoms with Crippen molar-refractivity contribution in [2.45, 2.75) is 20.0 Å². The summed E-state index contributed by atoms with van der Waals surface area (Å²) in [4.78, 5) is 11.5. The van der Waals surface area contributed by atoms with Crippen molar-refractivity contribution in [1.82, 2.24) is 0 Å². The normalized spacial score (nSPS) is 10.6. The van der Waals surface area contributed by atoms with Gasteiger partial charge in [-0.3, -0.25) is 4.79 Å². The van der Waals surface area contributed by atoms with E-state index in [2.05, 4.69) is 4.74 Å². The maximum atomic E-state index is 12.1. The third-order valence-electron chi connectivity index (χ3n) is 2.05. The summed E-state index contributed by atoms with van der Waals surface area (Å²) in [5.74, 6) is 0.0436. The molecule has 88 valence electrons. The van der Waals surface area contributed by atoms with Gasteiger partial charge in [0.25, 0.3) is 0 Å². The van der Waals surface area contributed by atoms with Gasteiger partial charge in [0.2, 0.25) is 0 Å². The van der Waals surface area contributed by atoms with Crippen LogP contribution in [0.5, 0.6) is 5.75 Å². The summed E-state index contributed by atoms with van der Waals surface area (Å²) >= 11 is 5.43. The lowest BCUT2D eigenvalue weighted by Gasteiger charge is -2.09. The number of hydrogen-bond acceptors (Lipinski definition) is 2. The van der Waals surface area contributed by atoms with Crippen LogP contribution in [0, 0.1) is 6.92 Å². The molecule has 0 fully saturated rings. The molecule has 0 aromatic heterocycles. The third-order valence-corrected chi connectivity index (χ3v) is 2.24. The summed E-state index contributed by atoms with van der Waals surface area (Å²) in [6.45, 7) is -1.26. The first-order valence-corrected chi connectivity index (χ1v) is 5.22. The minimum atomic E-state index is -2.89. The van der Waals surface area contributed by atoms with Gasteiger partial charge in [0.15, 0.2) is 5.78 Å². The number of alkyl halides is 3. The van der Waals surface area contributed by atoms with Crippen molar-refractivity contribution < 1.29 is 18.3 Å². The number of carbonyl (C=O) groups is 1. The Hall–Kier alpha value is -1.16. The van der Waals surface area contributed by atoms with E-state index in [1.54, 1.807) is 19.1 Å². The SMILES string of the molecule is Cc1ccc(C(=O)CCCl)cc1OC(F)F. The van der Waals surface area contributed by atoms with Crippen LogP contribution in [0.25, 0.3) is 0 Å². The topological polar surface area (TPSA) is 26.3 Å². The van der Waals surface area contributed by atoms with E-state index >= 15 is 0 Å². The minimum absolute atomic E-state index is 0.0235. The summed E-state index contributed by atoms with van der Waals surface area (Å²) in [5, 5.41) is 0. The number of rotatable bonds is 5. The molecule has 0 unspecified atom stereocenters. The second-order valence-corrected chi connectivity index (χ2v) is 3.60. The van der Waals surface area contributed by atoms with Crippen molar-refractivity contribution >= 4 is 17.4 Å². The van der Waals surface area contributed by atoms with E-state index in [-0.39, 0.29) is 23.8 Å². The molecule has 0 heterocycles. The first-order valence-electron chi connectivity index (χ1n) is 4.69. The molecule has 0 bridgehead atoms. The molecule has 0 radical (unpaired) electrons. The second-order valence-electron chi connectivity index (χ2n) is 3.22. The minimum Gasteiger partial charge on any atom is -0.435 e. The predicted molar refractivity (Wildman–Crippen MR) is 57.5 cm³/mol. The summed E-state index contributed by atoms with van der Waals surface area (Å²) in [5.41, 5.74) is 0.893. The summed E-state index contributed by atoms with van der Waals surface area (Å²) < 4.78 is 28.4. The lowest BCUT2D eigenvalue weighted by atomic mass is 10.1. The molecular formula is C11H11ClF2O2. The van der Waals surface area contributed by atoms with Crippen molar-refractivity contribution in [3.8, 4) is 5.75 Å². The van der Waals surface area contributed by atoms with Crippen LogP contribution >= 0.6 is 11.6 Å². The second kappa shape index (κ2) is 5.80. The molecule has 0 spiro atoms. The molecule has 0 N–H and O–H groups in total. The fourth-order valence-electron chi connectivity index (χ4n) is 1.23. The Labute approximate surface area is 97.2 Å². The van der Waals surface area contributed by atoms with Crippen molar-refractivity contribution in [3.05, 3.63) is 29.3 Å². The third kappa shape index (κ3) is 3.45. The Morgan fingerprint density at radius 1 is 1.50 bits per heavy atom. The van der Waals surface area contributed by atoms with E-state index < -0.39 is 6.61 Å². The van der Waals surface area contributed by atoms with Crippen molar-refractivity contribution in [2.24, 2.45) is 0 Å². The van der Waals surface area contributed by atoms with Crippen molar-refractivity contribution in [2.75, 3.05) is 5.88 Å². The molecule has 5 heteroatoms. The lowest BCUT2D eigenvalue weighted by Crippen LogP contribution is -2.06. The van der Waals surface area contributed by atoms with Gasteiger partial charge in [0.05, 0.1) is 0 Å². The van der Waals surface area contributed by atoms with E-state index in [0.717, 1.165) is 0 Å². The lowest BCUT2D eigenvalue weighted by molar-refractivity contribution is -0.0503. The van der Waals surface area contributed by atoms with Crippen LogP contribution in [0.3, 0.4) is 0 Å². The summed E-state index contributed by atoms with van der Waals surface area (Å²) in [6.07, 6.45) is 0.179. The summed E-state index contributed by atoms with van der Waals surface area (Å²) in [6, 6.07) is 4.46. The van der Waals surface area contributed by atoms with E-state index in [1.165, 1.54) is 6.07 Å². The molecule has 0 saturated heterocycles. The zero-order valence-electron chi connectivity index (χ0n) is 8.67. The monoisotopic (exact) mass is 248 g/mol. The highest BCUT2D eigenvalue weighted by Gasteiger charge is 2.11. The quantitative estimate of drug-likeness (QED) is 0.590. The molecule has 0 aliphatic carbocycles. The summed E-state index contributed by atoms with van der Waals surface area (Å²) in [7, 11) is 0. The van der Waals surface area contributed by atoms with Crippen LogP contribution < -0.4 is 4.74 Å². The van der Waals surface area contributed by atoms with Gasteiger partial charge in [-0.1, -0.05) is 12.1 Å².